The van der Waals surface area contributed by atoms with Gasteiger partial charge in [-0.1, -0.05) is 71.6 Å². The van der Waals surface area contributed by atoms with Gasteiger partial charge in [-0.05, 0) is 12.8 Å². The first-order chi connectivity index (χ1) is 8.81. The molecule has 1 atom stereocenters. The Morgan fingerprint density at radius 3 is 1.94 bits per heavy atom. The van der Waals surface area contributed by atoms with Crippen molar-refractivity contribution in [3.8, 4) is 0 Å². The number of hydrogen-bond acceptors (Lipinski definition) is 2. The van der Waals surface area contributed by atoms with Crippen molar-refractivity contribution in [3.63, 3.8) is 0 Å². The first kappa shape index (κ1) is 17.9. The summed E-state index contributed by atoms with van der Waals surface area (Å²) in [6.07, 6.45) is 13.5. The molecule has 0 aromatic heterocycles. The van der Waals surface area contributed by atoms with E-state index in [-0.39, 0.29) is 6.10 Å². The van der Waals surface area contributed by atoms with Crippen LogP contribution in [0.3, 0.4) is 0 Å². The van der Waals surface area contributed by atoms with Gasteiger partial charge in [0.2, 0.25) is 0 Å². The van der Waals surface area contributed by atoms with Gasteiger partial charge in [0.25, 0.3) is 0 Å². The van der Waals surface area contributed by atoms with Crippen molar-refractivity contribution in [1.82, 2.24) is 0 Å². The maximum absolute atomic E-state index is 9.58. The zero-order chi connectivity index (χ0) is 13.5. The first-order valence-corrected chi connectivity index (χ1v) is 8.07. The average molecular weight is 258 g/mol. The van der Waals surface area contributed by atoms with E-state index in [1.165, 1.54) is 44.9 Å². The van der Waals surface area contributed by atoms with Crippen LogP contribution < -0.4 is 0 Å². The number of aliphatic hydroxyl groups is 1. The van der Waals surface area contributed by atoms with E-state index in [0.29, 0.717) is 6.61 Å². The fraction of sp³-hybridized carbons (Fsp3) is 1.00. The lowest BCUT2D eigenvalue weighted by atomic mass is 10.1. The van der Waals surface area contributed by atoms with Crippen LogP contribution in [-0.2, 0) is 4.74 Å². The molecule has 0 fully saturated rings. The van der Waals surface area contributed by atoms with E-state index in [1.807, 2.05) is 0 Å². The van der Waals surface area contributed by atoms with Crippen molar-refractivity contribution < 1.29 is 9.84 Å². The number of hydrogen-bond donors (Lipinski definition) is 1. The second-order valence-corrected chi connectivity index (χ2v) is 5.35. The molecule has 0 aromatic carbocycles. The molecule has 0 aliphatic heterocycles. The Balaban J connectivity index is 3.02. The van der Waals surface area contributed by atoms with Crippen molar-refractivity contribution in [2.45, 2.75) is 90.6 Å². The van der Waals surface area contributed by atoms with Gasteiger partial charge in [-0.25, -0.2) is 0 Å². The molecule has 18 heavy (non-hydrogen) atoms. The number of unbranched alkanes of at least 4 members (excludes halogenated alkanes) is 8. The Labute approximate surface area is 114 Å². The van der Waals surface area contributed by atoms with Crippen LogP contribution in [0.15, 0.2) is 0 Å². The van der Waals surface area contributed by atoms with E-state index in [0.717, 1.165) is 32.3 Å². The molecule has 1 unspecified atom stereocenters. The summed E-state index contributed by atoms with van der Waals surface area (Å²) < 4.78 is 5.49. The van der Waals surface area contributed by atoms with Gasteiger partial charge in [-0.15, -0.1) is 0 Å². The van der Waals surface area contributed by atoms with Crippen LogP contribution in [0.25, 0.3) is 0 Å². The molecule has 0 amide bonds. The molecule has 0 spiro atoms. The molecular weight excluding hydrogens is 224 g/mol. The lowest BCUT2D eigenvalue weighted by Gasteiger charge is -2.10. The predicted molar refractivity (Wildman–Crippen MR) is 79.0 cm³/mol. The quantitative estimate of drug-likeness (QED) is 0.458. The topological polar surface area (TPSA) is 29.5 Å². The van der Waals surface area contributed by atoms with Crippen LogP contribution in [-0.4, -0.2) is 24.4 Å². The molecule has 110 valence electrons. The van der Waals surface area contributed by atoms with Crippen molar-refractivity contribution >= 4 is 0 Å². The zero-order valence-corrected chi connectivity index (χ0v) is 12.6. The van der Waals surface area contributed by atoms with Gasteiger partial charge in [0.15, 0.2) is 0 Å². The second kappa shape index (κ2) is 15.0. The van der Waals surface area contributed by atoms with Crippen molar-refractivity contribution in [3.05, 3.63) is 0 Å². The van der Waals surface area contributed by atoms with Crippen LogP contribution >= 0.6 is 0 Å². The van der Waals surface area contributed by atoms with Gasteiger partial charge < -0.3 is 9.84 Å². The van der Waals surface area contributed by atoms with E-state index in [2.05, 4.69) is 13.8 Å². The SMILES string of the molecule is CCCCCCCCCCOCC(O)CCCC. The first-order valence-electron chi connectivity index (χ1n) is 8.07. The highest BCUT2D eigenvalue weighted by atomic mass is 16.5. The standard InChI is InChI=1S/C16H34O2/c1-3-5-7-8-9-10-11-12-14-18-15-16(17)13-6-4-2/h16-17H,3-15H2,1-2H3. The van der Waals surface area contributed by atoms with Crippen molar-refractivity contribution in [2.24, 2.45) is 0 Å². The fourth-order valence-electron chi connectivity index (χ4n) is 2.08. The molecule has 0 bridgehead atoms. The largest absolute Gasteiger partial charge is 0.391 e. The third-order valence-corrected chi connectivity index (χ3v) is 3.34. The Bertz CT molecular complexity index is 148. The van der Waals surface area contributed by atoms with E-state index in [4.69, 9.17) is 4.74 Å². The molecule has 0 aliphatic carbocycles. The third kappa shape index (κ3) is 14.0. The summed E-state index contributed by atoms with van der Waals surface area (Å²) in [5.74, 6) is 0. The molecule has 2 nitrogen and oxygen atoms in total. The highest BCUT2D eigenvalue weighted by molar-refractivity contribution is 4.53. The summed E-state index contributed by atoms with van der Waals surface area (Å²) in [7, 11) is 0. The Hall–Kier alpha value is -0.0800. The third-order valence-electron chi connectivity index (χ3n) is 3.34. The van der Waals surface area contributed by atoms with Gasteiger partial charge in [0, 0.05) is 6.61 Å². The van der Waals surface area contributed by atoms with Crippen molar-refractivity contribution in [1.29, 1.82) is 0 Å². The van der Waals surface area contributed by atoms with Gasteiger partial charge in [0.1, 0.15) is 0 Å². The lowest BCUT2D eigenvalue weighted by molar-refractivity contribution is 0.0300. The second-order valence-electron chi connectivity index (χ2n) is 5.35. The van der Waals surface area contributed by atoms with Gasteiger partial charge >= 0.3 is 0 Å². The molecule has 0 radical (unpaired) electrons. The monoisotopic (exact) mass is 258 g/mol. The Kier molecular flexibility index (Phi) is 14.9. The molecule has 0 aliphatic rings. The molecule has 2 heteroatoms. The summed E-state index contributed by atoms with van der Waals surface area (Å²) in [6, 6.07) is 0. The molecule has 0 heterocycles. The smallest absolute Gasteiger partial charge is 0.0773 e. The van der Waals surface area contributed by atoms with E-state index < -0.39 is 0 Å². The van der Waals surface area contributed by atoms with E-state index in [1.54, 1.807) is 0 Å². The van der Waals surface area contributed by atoms with E-state index in [9.17, 15) is 5.11 Å². The maximum atomic E-state index is 9.58. The average Bonchev–Trinajstić information content (AvgIpc) is 2.38. The van der Waals surface area contributed by atoms with Crippen LogP contribution in [0.1, 0.15) is 84.5 Å². The molecule has 0 saturated carbocycles. The van der Waals surface area contributed by atoms with E-state index >= 15 is 0 Å². The van der Waals surface area contributed by atoms with Crippen LogP contribution in [0, 0.1) is 0 Å². The molecule has 0 aromatic rings. The van der Waals surface area contributed by atoms with Crippen LogP contribution in [0.2, 0.25) is 0 Å². The fourth-order valence-corrected chi connectivity index (χ4v) is 2.08. The Morgan fingerprint density at radius 1 is 0.778 bits per heavy atom. The highest BCUT2D eigenvalue weighted by Crippen LogP contribution is 2.08. The highest BCUT2D eigenvalue weighted by Gasteiger charge is 2.02. The minimum Gasteiger partial charge on any atom is -0.391 e. The predicted octanol–water partition coefficient (Wildman–Crippen LogP) is 4.69. The number of rotatable bonds is 14. The minimum atomic E-state index is -0.251. The number of ether oxygens (including phenoxy) is 1. The van der Waals surface area contributed by atoms with Gasteiger partial charge in [-0.2, -0.15) is 0 Å². The number of aliphatic hydroxyl groups excluding tert-OH is 1. The summed E-state index contributed by atoms with van der Waals surface area (Å²) in [5.41, 5.74) is 0. The molecule has 0 rings (SSSR count). The van der Waals surface area contributed by atoms with Crippen molar-refractivity contribution in [2.75, 3.05) is 13.2 Å². The van der Waals surface area contributed by atoms with Gasteiger partial charge in [0.05, 0.1) is 12.7 Å². The maximum Gasteiger partial charge on any atom is 0.0773 e. The van der Waals surface area contributed by atoms with Crippen LogP contribution in [0.5, 0.6) is 0 Å². The molecule has 0 saturated heterocycles. The summed E-state index contributed by atoms with van der Waals surface area (Å²) in [6.45, 7) is 5.75. The molecular formula is C16H34O2. The Morgan fingerprint density at radius 2 is 1.33 bits per heavy atom. The van der Waals surface area contributed by atoms with Crippen LogP contribution in [0.4, 0.5) is 0 Å². The minimum absolute atomic E-state index is 0.251. The zero-order valence-electron chi connectivity index (χ0n) is 12.6. The lowest BCUT2D eigenvalue weighted by Crippen LogP contribution is -2.15. The summed E-state index contributed by atoms with van der Waals surface area (Å²) in [5, 5.41) is 9.58. The van der Waals surface area contributed by atoms with Gasteiger partial charge in [-0.3, -0.25) is 0 Å². The summed E-state index contributed by atoms with van der Waals surface area (Å²) >= 11 is 0. The molecule has 1 N–H and O–H groups in total. The summed E-state index contributed by atoms with van der Waals surface area (Å²) in [4.78, 5) is 0. The normalized spacial score (nSPS) is 12.8.